The van der Waals surface area contributed by atoms with E-state index in [9.17, 15) is 18.0 Å². The molecule has 1 fully saturated rings. The van der Waals surface area contributed by atoms with Crippen LogP contribution in [0.25, 0.3) is 0 Å². The Morgan fingerprint density at radius 1 is 1.26 bits per heavy atom. The second kappa shape index (κ2) is 6.36. The van der Waals surface area contributed by atoms with E-state index < -0.39 is 21.9 Å². The molecule has 1 heterocycles. The summed E-state index contributed by atoms with van der Waals surface area (Å²) >= 11 is 0. The largest absolute Gasteiger partial charge is 0.343 e. The second-order valence-corrected chi connectivity index (χ2v) is 7.20. The first-order valence-electron chi connectivity index (χ1n) is 6.58. The lowest BCUT2D eigenvalue weighted by molar-refractivity contribution is -0.149. The van der Waals surface area contributed by atoms with Gasteiger partial charge in [0, 0.05) is 12.8 Å². The molecule has 0 aromatic carbocycles. The van der Waals surface area contributed by atoms with E-state index in [4.69, 9.17) is 0 Å². The summed E-state index contributed by atoms with van der Waals surface area (Å²) < 4.78 is 22.5. The van der Waals surface area contributed by atoms with Crippen LogP contribution in [0.15, 0.2) is 0 Å². The lowest BCUT2D eigenvalue weighted by atomic mass is 10.0. The van der Waals surface area contributed by atoms with Gasteiger partial charge in [0.1, 0.15) is 21.9 Å². The molecule has 1 aliphatic rings. The van der Waals surface area contributed by atoms with Crippen LogP contribution in [0.4, 0.5) is 0 Å². The number of amides is 2. The van der Waals surface area contributed by atoms with Crippen molar-refractivity contribution in [3.63, 3.8) is 0 Å². The third-order valence-corrected chi connectivity index (χ3v) is 4.17. The van der Waals surface area contributed by atoms with Crippen molar-refractivity contribution in [2.45, 2.75) is 45.2 Å². The van der Waals surface area contributed by atoms with Crippen molar-refractivity contribution in [3.05, 3.63) is 0 Å². The van der Waals surface area contributed by atoms with Crippen molar-refractivity contribution in [1.82, 2.24) is 10.2 Å². The molecule has 0 bridgehead atoms. The van der Waals surface area contributed by atoms with Gasteiger partial charge in [0.2, 0.25) is 11.8 Å². The molecule has 2 unspecified atom stereocenters. The Morgan fingerprint density at radius 3 is 2.37 bits per heavy atom. The standard InChI is InChI=1S/C12H22N2O4S/c1-4-6-9-12(16)14(7-8-19(3,17)18)10(5-2)11(15)13-9/h9-10H,4-8H2,1-3H3,(H,13,15). The zero-order valence-corrected chi connectivity index (χ0v) is 12.5. The van der Waals surface area contributed by atoms with Gasteiger partial charge in [0.15, 0.2) is 0 Å². The van der Waals surface area contributed by atoms with E-state index in [1.807, 2.05) is 13.8 Å². The zero-order valence-electron chi connectivity index (χ0n) is 11.7. The first-order chi connectivity index (χ1) is 8.80. The highest BCUT2D eigenvalue weighted by Gasteiger charge is 2.38. The molecule has 7 heteroatoms. The third-order valence-electron chi connectivity index (χ3n) is 3.24. The Bertz CT molecular complexity index is 447. The lowest BCUT2D eigenvalue weighted by Gasteiger charge is -2.38. The van der Waals surface area contributed by atoms with Crippen molar-refractivity contribution in [2.24, 2.45) is 0 Å². The molecule has 0 saturated carbocycles. The van der Waals surface area contributed by atoms with Gasteiger partial charge in [-0.25, -0.2) is 8.42 Å². The molecule has 1 rings (SSSR count). The first-order valence-corrected chi connectivity index (χ1v) is 8.64. The second-order valence-electron chi connectivity index (χ2n) is 4.94. The molecule has 1 aliphatic heterocycles. The minimum Gasteiger partial charge on any atom is -0.343 e. The van der Waals surface area contributed by atoms with Crippen molar-refractivity contribution >= 4 is 21.7 Å². The summed E-state index contributed by atoms with van der Waals surface area (Å²) in [4.78, 5) is 25.6. The van der Waals surface area contributed by atoms with Gasteiger partial charge < -0.3 is 10.2 Å². The molecule has 19 heavy (non-hydrogen) atoms. The Labute approximate surface area is 114 Å². The fraction of sp³-hybridized carbons (Fsp3) is 0.833. The Kier molecular flexibility index (Phi) is 5.34. The van der Waals surface area contributed by atoms with Gasteiger partial charge in [0.05, 0.1) is 5.75 Å². The fourth-order valence-electron chi connectivity index (χ4n) is 2.25. The SMILES string of the molecule is CCCC1NC(=O)C(CC)N(CCS(C)(=O)=O)C1=O. The summed E-state index contributed by atoms with van der Waals surface area (Å²) in [5.41, 5.74) is 0. The van der Waals surface area contributed by atoms with Crippen LogP contribution < -0.4 is 5.32 Å². The normalized spacial score (nSPS) is 24.5. The molecule has 1 N–H and O–H groups in total. The van der Waals surface area contributed by atoms with Gasteiger partial charge in [0.25, 0.3) is 0 Å². The number of carbonyl (C=O) groups excluding carboxylic acids is 2. The monoisotopic (exact) mass is 290 g/mol. The summed E-state index contributed by atoms with van der Waals surface area (Å²) in [5.74, 6) is -0.465. The minimum absolute atomic E-state index is 0.0871. The maximum atomic E-state index is 12.3. The van der Waals surface area contributed by atoms with Crippen LogP contribution in [0, 0.1) is 0 Å². The van der Waals surface area contributed by atoms with E-state index in [1.165, 1.54) is 4.90 Å². The highest BCUT2D eigenvalue weighted by Crippen LogP contribution is 2.15. The molecule has 0 radical (unpaired) electrons. The lowest BCUT2D eigenvalue weighted by Crippen LogP contribution is -2.63. The Hall–Kier alpha value is -1.11. The minimum atomic E-state index is -3.15. The average molecular weight is 290 g/mol. The molecule has 0 spiro atoms. The maximum absolute atomic E-state index is 12.3. The highest BCUT2D eigenvalue weighted by atomic mass is 32.2. The van der Waals surface area contributed by atoms with E-state index in [2.05, 4.69) is 5.32 Å². The molecular weight excluding hydrogens is 268 g/mol. The van der Waals surface area contributed by atoms with Gasteiger partial charge >= 0.3 is 0 Å². The molecule has 0 aromatic rings. The number of piperazine rings is 1. The van der Waals surface area contributed by atoms with Gasteiger partial charge in [-0.1, -0.05) is 20.3 Å². The number of carbonyl (C=O) groups is 2. The molecule has 2 atom stereocenters. The Balaban J connectivity index is 2.86. The van der Waals surface area contributed by atoms with Crippen LogP contribution in [-0.2, 0) is 19.4 Å². The van der Waals surface area contributed by atoms with Gasteiger partial charge in [-0.15, -0.1) is 0 Å². The van der Waals surface area contributed by atoms with Crippen molar-refractivity contribution in [1.29, 1.82) is 0 Å². The van der Waals surface area contributed by atoms with Crippen LogP contribution in [0.3, 0.4) is 0 Å². The number of sulfone groups is 1. The van der Waals surface area contributed by atoms with Crippen LogP contribution >= 0.6 is 0 Å². The van der Waals surface area contributed by atoms with Crippen LogP contribution in [-0.4, -0.2) is 55.8 Å². The van der Waals surface area contributed by atoms with Crippen molar-refractivity contribution < 1.29 is 18.0 Å². The highest BCUT2D eigenvalue weighted by molar-refractivity contribution is 7.90. The summed E-state index contributed by atoms with van der Waals surface area (Å²) in [5, 5.41) is 2.72. The molecular formula is C12H22N2O4S. The smallest absolute Gasteiger partial charge is 0.245 e. The molecule has 2 amide bonds. The number of rotatable bonds is 6. The number of hydrogen-bond acceptors (Lipinski definition) is 4. The zero-order chi connectivity index (χ0) is 14.6. The van der Waals surface area contributed by atoms with E-state index in [1.54, 1.807) is 0 Å². The van der Waals surface area contributed by atoms with Gasteiger partial charge in [-0.2, -0.15) is 0 Å². The quantitative estimate of drug-likeness (QED) is 0.742. The first kappa shape index (κ1) is 15.9. The molecule has 6 nitrogen and oxygen atoms in total. The summed E-state index contributed by atoms with van der Waals surface area (Å²) in [6.07, 6.45) is 2.98. The Morgan fingerprint density at radius 2 is 1.89 bits per heavy atom. The van der Waals surface area contributed by atoms with Crippen molar-refractivity contribution in [3.8, 4) is 0 Å². The van der Waals surface area contributed by atoms with E-state index in [0.717, 1.165) is 12.7 Å². The maximum Gasteiger partial charge on any atom is 0.245 e. The predicted octanol–water partition coefficient (Wildman–Crippen LogP) is -0.0633. The third kappa shape index (κ3) is 4.19. The topological polar surface area (TPSA) is 83.6 Å². The van der Waals surface area contributed by atoms with E-state index >= 15 is 0 Å². The van der Waals surface area contributed by atoms with Crippen molar-refractivity contribution in [2.75, 3.05) is 18.6 Å². The van der Waals surface area contributed by atoms with Gasteiger partial charge in [-0.05, 0) is 12.8 Å². The van der Waals surface area contributed by atoms with Crippen LogP contribution in [0.1, 0.15) is 33.1 Å². The molecule has 0 aliphatic carbocycles. The number of nitrogens with one attached hydrogen (secondary N) is 1. The van der Waals surface area contributed by atoms with E-state index in [-0.39, 0.29) is 24.1 Å². The van der Waals surface area contributed by atoms with Gasteiger partial charge in [-0.3, -0.25) is 9.59 Å². The van der Waals surface area contributed by atoms with Crippen LogP contribution in [0.2, 0.25) is 0 Å². The fourth-order valence-corrected chi connectivity index (χ4v) is 2.77. The summed E-state index contributed by atoms with van der Waals surface area (Å²) in [6.45, 7) is 3.83. The molecule has 110 valence electrons. The summed E-state index contributed by atoms with van der Waals surface area (Å²) in [7, 11) is -3.15. The molecule has 1 saturated heterocycles. The predicted molar refractivity (Wildman–Crippen MR) is 72.3 cm³/mol. The summed E-state index contributed by atoms with van der Waals surface area (Å²) in [6, 6.07) is -1.07. The molecule has 0 aromatic heterocycles. The number of hydrogen-bond donors (Lipinski definition) is 1. The van der Waals surface area contributed by atoms with Crippen LogP contribution in [0.5, 0.6) is 0 Å². The van der Waals surface area contributed by atoms with E-state index in [0.29, 0.717) is 12.8 Å². The number of nitrogens with zero attached hydrogens (tertiary/aromatic N) is 1. The average Bonchev–Trinajstić information content (AvgIpc) is 2.30.